The number of aromatic nitrogens is 2. The van der Waals surface area contributed by atoms with Crippen LogP contribution in [0, 0.1) is 0 Å². The van der Waals surface area contributed by atoms with Crippen molar-refractivity contribution in [2.75, 3.05) is 0 Å². The van der Waals surface area contributed by atoms with Gasteiger partial charge in [-0.3, -0.25) is 16.0 Å². The lowest BCUT2D eigenvalue weighted by molar-refractivity contribution is 0.492. The number of nitrogens with zero attached hydrogens (tertiary/aromatic N) is 2. The van der Waals surface area contributed by atoms with E-state index in [2.05, 4.69) is 30.4 Å². The first-order valence-electron chi connectivity index (χ1n) is 6.44. The number of nitrogens with one attached hydrogen (secondary N) is 1. The molecular weight excluding hydrogens is 280 g/mol. The fourth-order valence-electron chi connectivity index (χ4n) is 2.10. The van der Waals surface area contributed by atoms with Crippen molar-refractivity contribution in [2.45, 2.75) is 39.3 Å². The van der Waals surface area contributed by atoms with E-state index in [9.17, 15) is 0 Å². The smallest absolute Gasteiger partial charge is 0.0931 e. The van der Waals surface area contributed by atoms with Crippen molar-refractivity contribution in [3.05, 3.63) is 38.8 Å². The molecule has 104 valence electrons. The first kappa shape index (κ1) is 14.5. The highest BCUT2D eigenvalue weighted by atomic mass is 35.5. The zero-order chi connectivity index (χ0) is 13.8. The molecule has 0 fully saturated rings. The van der Waals surface area contributed by atoms with Crippen LogP contribution in [0.4, 0.5) is 0 Å². The topological polar surface area (TPSA) is 55.9 Å². The van der Waals surface area contributed by atoms with Crippen LogP contribution in [0.15, 0.2) is 18.2 Å². The standard InChI is InChI=1S/C13H19ClN4S/c1-3-9-7-12(18(4-2)17-9)11(16-15)8-10-5-6-13(14)19-10/h5-7,11,16H,3-4,8,15H2,1-2H3. The molecule has 0 aliphatic heterocycles. The van der Waals surface area contributed by atoms with Gasteiger partial charge in [0.15, 0.2) is 0 Å². The number of halogens is 1. The van der Waals surface area contributed by atoms with Crippen molar-refractivity contribution in [3.8, 4) is 0 Å². The molecule has 0 radical (unpaired) electrons. The summed E-state index contributed by atoms with van der Waals surface area (Å²) in [5.74, 6) is 5.71. The largest absolute Gasteiger partial charge is 0.271 e. The fourth-order valence-corrected chi connectivity index (χ4v) is 3.24. The summed E-state index contributed by atoms with van der Waals surface area (Å²) in [6.07, 6.45) is 1.75. The molecule has 1 unspecified atom stereocenters. The van der Waals surface area contributed by atoms with Gasteiger partial charge in [0.1, 0.15) is 0 Å². The Hall–Kier alpha value is -0.880. The van der Waals surface area contributed by atoms with Crippen molar-refractivity contribution in [1.29, 1.82) is 0 Å². The molecule has 0 bridgehead atoms. The van der Waals surface area contributed by atoms with Crippen molar-refractivity contribution in [2.24, 2.45) is 5.84 Å². The van der Waals surface area contributed by atoms with Crippen LogP contribution in [0.3, 0.4) is 0 Å². The molecule has 19 heavy (non-hydrogen) atoms. The summed E-state index contributed by atoms with van der Waals surface area (Å²) in [4.78, 5) is 1.22. The van der Waals surface area contributed by atoms with E-state index in [4.69, 9.17) is 17.4 Å². The van der Waals surface area contributed by atoms with Crippen molar-refractivity contribution >= 4 is 22.9 Å². The van der Waals surface area contributed by atoms with Gasteiger partial charge in [0.25, 0.3) is 0 Å². The van der Waals surface area contributed by atoms with E-state index in [1.165, 1.54) is 4.88 Å². The molecule has 0 aliphatic carbocycles. The molecule has 0 saturated carbocycles. The maximum absolute atomic E-state index is 5.97. The molecule has 2 aromatic heterocycles. The molecule has 2 aromatic rings. The summed E-state index contributed by atoms with van der Waals surface area (Å²) in [6, 6.07) is 6.15. The Morgan fingerprint density at radius 2 is 2.26 bits per heavy atom. The van der Waals surface area contributed by atoms with Gasteiger partial charge < -0.3 is 0 Å². The summed E-state index contributed by atoms with van der Waals surface area (Å²) in [5.41, 5.74) is 5.12. The predicted octanol–water partition coefficient (Wildman–Crippen LogP) is 2.93. The van der Waals surface area contributed by atoms with E-state index in [0.717, 1.165) is 35.1 Å². The minimum Gasteiger partial charge on any atom is -0.271 e. The molecule has 0 amide bonds. The van der Waals surface area contributed by atoms with Gasteiger partial charge in [-0.05, 0) is 31.5 Å². The summed E-state index contributed by atoms with van der Waals surface area (Å²) in [5, 5.41) is 4.56. The maximum Gasteiger partial charge on any atom is 0.0931 e. The first-order valence-corrected chi connectivity index (χ1v) is 7.64. The van der Waals surface area contributed by atoms with Crippen LogP contribution in [0.1, 0.15) is 36.2 Å². The number of hydrogen-bond acceptors (Lipinski definition) is 4. The van der Waals surface area contributed by atoms with E-state index >= 15 is 0 Å². The second kappa shape index (κ2) is 6.52. The van der Waals surface area contributed by atoms with Gasteiger partial charge in [-0.15, -0.1) is 11.3 Å². The third-order valence-corrected chi connectivity index (χ3v) is 4.37. The minimum atomic E-state index is 0.0578. The Labute approximate surface area is 122 Å². The third kappa shape index (κ3) is 3.36. The summed E-state index contributed by atoms with van der Waals surface area (Å²) in [6.45, 7) is 5.04. The Balaban J connectivity index is 2.23. The van der Waals surface area contributed by atoms with Crippen LogP contribution in [0.25, 0.3) is 0 Å². The highest BCUT2D eigenvalue weighted by Crippen LogP contribution is 2.26. The van der Waals surface area contributed by atoms with E-state index in [0.29, 0.717) is 0 Å². The normalized spacial score (nSPS) is 12.8. The van der Waals surface area contributed by atoms with Gasteiger partial charge in [0, 0.05) is 17.8 Å². The van der Waals surface area contributed by atoms with Crippen LogP contribution >= 0.6 is 22.9 Å². The van der Waals surface area contributed by atoms with Crippen LogP contribution in [0.2, 0.25) is 4.34 Å². The summed E-state index contributed by atoms with van der Waals surface area (Å²) < 4.78 is 2.82. The average Bonchev–Trinajstić information content (AvgIpc) is 3.01. The van der Waals surface area contributed by atoms with E-state index < -0.39 is 0 Å². The second-order valence-corrected chi connectivity index (χ2v) is 6.16. The molecule has 2 rings (SSSR count). The van der Waals surface area contributed by atoms with Crippen molar-refractivity contribution in [1.82, 2.24) is 15.2 Å². The number of nitrogens with two attached hydrogens (primary N) is 1. The maximum atomic E-state index is 5.97. The lowest BCUT2D eigenvalue weighted by Crippen LogP contribution is -2.31. The third-order valence-electron chi connectivity index (χ3n) is 3.12. The average molecular weight is 299 g/mol. The molecule has 0 aliphatic rings. The molecule has 0 spiro atoms. The number of hydrogen-bond donors (Lipinski definition) is 2. The van der Waals surface area contributed by atoms with Crippen molar-refractivity contribution < 1.29 is 0 Å². The molecule has 1 atom stereocenters. The molecule has 6 heteroatoms. The van der Waals surface area contributed by atoms with Crippen LogP contribution < -0.4 is 11.3 Å². The van der Waals surface area contributed by atoms with E-state index in [1.807, 2.05) is 16.8 Å². The Morgan fingerprint density at radius 3 is 2.79 bits per heavy atom. The summed E-state index contributed by atoms with van der Waals surface area (Å²) >= 11 is 7.56. The lowest BCUT2D eigenvalue weighted by Gasteiger charge is -2.16. The monoisotopic (exact) mass is 298 g/mol. The van der Waals surface area contributed by atoms with Gasteiger partial charge in [-0.2, -0.15) is 5.10 Å². The van der Waals surface area contributed by atoms with E-state index in [1.54, 1.807) is 11.3 Å². The molecular formula is C13H19ClN4S. The second-order valence-electron chi connectivity index (χ2n) is 4.36. The molecule has 3 N–H and O–H groups in total. The summed E-state index contributed by atoms with van der Waals surface area (Å²) in [7, 11) is 0. The predicted molar refractivity (Wildman–Crippen MR) is 80.4 cm³/mol. The van der Waals surface area contributed by atoms with Gasteiger partial charge >= 0.3 is 0 Å². The zero-order valence-electron chi connectivity index (χ0n) is 11.2. The molecule has 4 nitrogen and oxygen atoms in total. The molecule has 0 saturated heterocycles. The number of aryl methyl sites for hydroxylation is 2. The van der Waals surface area contributed by atoms with Crippen molar-refractivity contribution in [3.63, 3.8) is 0 Å². The van der Waals surface area contributed by atoms with Gasteiger partial charge in [0.2, 0.25) is 0 Å². The van der Waals surface area contributed by atoms with Gasteiger partial charge in [-0.1, -0.05) is 18.5 Å². The Morgan fingerprint density at radius 1 is 1.47 bits per heavy atom. The van der Waals surface area contributed by atoms with Crippen LogP contribution in [-0.2, 0) is 19.4 Å². The van der Waals surface area contributed by atoms with Gasteiger partial charge in [-0.25, -0.2) is 0 Å². The zero-order valence-corrected chi connectivity index (χ0v) is 12.8. The highest BCUT2D eigenvalue weighted by molar-refractivity contribution is 7.16. The molecule has 0 aromatic carbocycles. The SMILES string of the molecule is CCc1cc(C(Cc2ccc(Cl)s2)NN)n(CC)n1. The fraction of sp³-hybridized carbons (Fsp3) is 0.462. The molecule has 2 heterocycles. The highest BCUT2D eigenvalue weighted by Gasteiger charge is 2.17. The van der Waals surface area contributed by atoms with E-state index in [-0.39, 0.29) is 6.04 Å². The number of hydrazine groups is 1. The number of rotatable bonds is 6. The number of thiophene rings is 1. The quantitative estimate of drug-likeness (QED) is 0.637. The van der Waals surface area contributed by atoms with Crippen LogP contribution in [0.5, 0.6) is 0 Å². The van der Waals surface area contributed by atoms with Crippen LogP contribution in [-0.4, -0.2) is 9.78 Å². The Bertz CT molecular complexity index is 534. The minimum absolute atomic E-state index is 0.0578. The first-order chi connectivity index (χ1) is 9.17. The van der Waals surface area contributed by atoms with Gasteiger partial charge in [0.05, 0.1) is 21.8 Å². The lowest BCUT2D eigenvalue weighted by atomic mass is 10.1. The Kier molecular flexibility index (Phi) is 4.99.